The zero-order valence-corrected chi connectivity index (χ0v) is 10.5. The number of halogens is 1. The molecule has 0 saturated heterocycles. The van der Waals surface area contributed by atoms with E-state index in [4.69, 9.17) is 16.3 Å². The van der Waals surface area contributed by atoms with Crippen LogP contribution >= 0.6 is 11.6 Å². The van der Waals surface area contributed by atoms with Crippen molar-refractivity contribution in [3.05, 3.63) is 29.3 Å². The fraction of sp³-hybridized carbons (Fsp3) is 0.167. The second-order valence-corrected chi connectivity index (χ2v) is 3.60. The van der Waals surface area contributed by atoms with Crippen LogP contribution in [0.1, 0.15) is 5.56 Å². The molecular formula is C12H11ClO5. The van der Waals surface area contributed by atoms with Crippen LogP contribution in [0.15, 0.2) is 23.8 Å². The Labute approximate surface area is 109 Å². The second-order valence-electron chi connectivity index (χ2n) is 3.25. The molecule has 0 saturated carbocycles. The van der Waals surface area contributed by atoms with Gasteiger partial charge in [0.25, 0.3) is 5.24 Å². The molecule has 6 heteroatoms. The van der Waals surface area contributed by atoms with Gasteiger partial charge in [-0.05, 0) is 35.4 Å². The first kappa shape index (κ1) is 14.1. The Morgan fingerprint density at radius 2 is 2.00 bits per heavy atom. The number of esters is 1. The standard InChI is InChI=1S/C12H11ClO5/c1-17-10-6-7(3-4-9(10)14)5-8(11(13)15)12(16)18-2/h3-6,14H,1-2H3/b8-5-. The van der Waals surface area contributed by atoms with E-state index in [0.29, 0.717) is 5.56 Å². The van der Waals surface area contributed by atoms with Gasteiger partial charge in [0.2, 0.25) is 0 Å². The van der Waals surface area contributed by atoms with Gasteiger partial charge in [-0.2, -0.15) is 0 Å². The fourth-order valence-corrected chi connectivity index (χ4v) is 1.39. The molecule has 0 bridgehead atoms. The summed E-state index contributed by atoms with van der Waals surface area (Å²) in [6, 6.07) is 4.33. The van der Waals surface area contributed by atoms with Crippen LogP contribution in [0.5, 0.6) is 11.5 Å². The minimum Gasteiger partial charge on any atom is -0.504 e. The summed E-state index contributed by atoms with van der Waals surface area (Å²) in [5.41, 5.74) is 0.172. The molecule has 18 heavy (non-hydrogen) atoms. The monoisotopic (exact) mass is 270 g/mol. The van der Waals surface area contributed by atoms with Crippen molar-refractivity contribution in [3.8, 4) is 11.5 Å². The third kappa shape index (κ3) is 3.24. The van der Waals surface area contributed by atoms with E-state index in [0.717, 1.165) is 7.11 Å². The molecule has 0 radical (unpaired) electrons. The highest BCUT2D eigenvalue weighted by atomic mass is 35.5. The lowest BCUT2D eigenvalue weighted by Crippen LogP contribution is -2.09. The maximum absolute atomic E-state index is 11.3. The number of methoxy groups -OCH3 is 2. The summed E-state index contributed by atoms with van der Waals surface area (Å²) in [6.07, 6.45) is 1.25. The molecule has 1 N–H and O–H groups in total. The normalized spacial score (nSPS) is 10.9. The van der Waals surface area contributed by atoms with E-state index >= 15 is 0 Å². The van der Waals surface area contributed by atoms with E-state index in [1.165, 1.54) is 31.4 Å². The Hall–Kier alpha value is -2.01. The van der Waals surface area contributed by atoms with Gasteiger partial charge in [0.05, 0.1) is 14.2 Å². The van der Waals surface area contributed by atoms with Crippen LogP contribution in [0.3, 0.4) is 0 Å². The highest BCUT2D eigenvalue weighted by Crippen LogP contribution is 2.27. The Morgan fingerprint density at radius 1 is 1.33 bits per heavy atom. The van der Waals surface area contributed by atoms with Crippen LogP contribution in [0, 0.1) is 0 Å². The number of carbonyl (C=O) groups excluding carboxylic acids is 2. The average molecular weight is 271 g/mol. The number of rotatable bonds is 4. The maximum atomic E-state index is 11.3. The molecule has 0 heterocycles. The van der Waals surface area contributed by atoms with Crippen LogP contribution in [-0.4, -0.2) is 30.5 Å². The quantitative estimate of drug-likeness (QED) is 0.296. The number of hydrogen-bond acceptors (Lipinski definition) is 5. The summed E-state index contributed by atoms with van der Waals surface area (Å²) in [7, 11) is 2.53. The summed E-state index contributed by atoms with van der Waals surface area (Å²) in [5.74, 6) is -0.663. The van der Waals surface area contributed by atoms with E-state index in [1.807, 2.05) is 0 Å². The molecule has 1 aromatic rings. The van der Waals surface area contributed by atoms with Crippen molar-refractivity contribution < 1.29 is 24.2 Å². The van der Waals surface area contributed by atoms with Crippen LogP contribution < -0.4 is 4.74 Å². The Balaban J connectivity index is 3.20. The van der Waals surface area contributed by atoms with Crippen molar-refractivity contribution in [2.75, 3.05) is 14.2 Å². The smallest absolute Gasteiger partial charge is 0.342 e. The lowest BCUT2D eigenvalue weighted by atomic mass is 10.1. The van der Waals surface area contributed by atoms with Gasteiger partial charge >= 0.3 is 5.97 Å². The topological polar surface area (TPSA) is 72.8 Å². The number of carbonyl (C=O) groups is 2. The van der Waals surface area contributed by atoms with Gasteiger partial charge in [-0.1, -0.05) is 6.07 Å². The zero-order chi connectivity index (χ0) is 13.7. The van der Waals surface area contributed by atoms with Gasteiger partial charge in [-0.3, -0.25) is 4.79 Å². The van der Waals surface area contributed by atoms with Gasteiger partial charge in [0.15, 0.2) is 11.5 Å². The summed E-state index contributed by atoms with van der Waals surface area (Å²) < 4.78 is 9.33. The highest BCUT2D eigenvalue weighted by Gasteiger charge is 2.17. The molecule has 0 amide bonds. The molecule has 5 nitrogen and oxygen atoms in total. The molecule has 0 unspecified atom stereocenters. The Bertz CT molecular complexity index is 507. The van der Waals surface area contributed by atoms with E-state index in [1.54, 1.807) is 0 Å². The number of phenols is 1. The van der Waals surface area contributed by atoms with Crippen LogP contribution in [0.4, 0.5) is 0 Å². The fourth-order valence-electron chi connectivity index (χ4n) is 1.26. The van der Waals surface area contributed by atoms with Gasteiger partial charge in [0.1, 0.15) is 5.57 Å². The molecular weight excluding hydrogens is 260 g/mol. The summed E-state index contributed by atoms with van der Waals surface area (Å²) in [4.78, 5) is 22.4. The summed E-state index contributed by atoms with van der Waals surface area (Å²) >= 11 is 5.28. The first-order valence-corrected chi connectivity index (χ1v) is 5.24. The SMILES string of the molecule is COC(=O)/C(=C\c1ccc(O)c(OC)c1)C(=O)Cl. The third-order valence-electron chi connectivity index (χ3n) is 2.13. The molecule has 0 spiro atoms. The lowest BCUT2D eigenvalue weighted by molar-refractivity contribution is -0.136. The van der Waals surface area contributed by atoms with Crippen molar-refractivity contribution in [3.63, 3.8) is 0 Å². The van der Waals surface area contributed by atoms with Crippen molar-refractivity contribution in [2.45, 2.75) is 0 Å². The maximum Gasteiger partial charge on any atom is 0.342 e. The van der Waals surface area contributed by atoms with Crippen LogP contribution in [0.2, 0.25) is 0 Å². The van der Waals surface area contributed by atoms with Gasteiger partial charge in [0, 0.05) is 0 Å². The zero-order valence-electron chi connectivity index (χ0n) is 9.77. The Morgan fingerprint density at radius 3 is 2.50 bits per heavy atom. The number of aromatic hydroxyl groups is 1. The molecule has 0 aliphatic rings. The first-order valence-electron chi connectivity index (χ1n) is 4.86. The molecule has 1 rings (SSSR count). The number of ether oxygens (including phenoxy) is 2. The summed E-state index contributed by atoms with van der Waals surface area (Å²) in [5, 5.41) is 8.48. The minimum atomic E-state index is -0.922. The van der Waals surface area contributed by atoms with Crippen molar-refractivity contribution in [2.24, 2.45) is 0 Å². The van der Waals surface area contributed by atoms with Crippen molar-refractivity contribution in [1.82, 2.24) is 0 Å². The van der Waals surface area contributed by atoms with Crippen molar-refractivity contribution >= 4 is 28.9 Å². The van der Waals surface area contributed by atoms with Crippen molar-refractivity contribution in [1.29, 1.82) is 0 Å². The number of phenolic OH excluding ortho intramolecular Hbond substituents is 1. The molecule has 96 valence electrons. The third-order valence-corrected chi connectivity index (χ3v) is 2.34. The lowest BCUT2D eigenvalue weighted by Gasteiger charge is -2.05. The number of hydrogen-bond donors (Lipinski definition) is 1. The molecule has 0 atom stereocenters. The minimum absolute atomic E-state index is 0.0496. The van der Waals surface area contributed by atoms with Crippen LogP contribution in [0.25, 0.3) is 6.08 Å². The molecule has 0 aromatic heterocycles. The second kappa shape index (κ2) is 6.07. The molecule has 0 fully saturated rings. The first-order chi connectivity index (χ1) is 8.49. The highest BCUT2D eigenvalue weighted by molar-refractivity contribution is 6.70. The summed E-state index contributed by atoms with van der Waals surface area (Å²) in [6.45, 7) is 0. The van der Waals surface area contributed by atoms with E-state index in [9.17, 15) is 14.7 Å². The number of benzene rings is 1. The van der Waals surface area contributed by atoms with E-state index in [-0.39, 0.29) is 17.1 Å². The van der Waals surface area contributed by atoms with E-state index < -0.39 is 11.2 Å². The Kier molecular flexibility index (Phi) is 4.74. The van der Waals surface area contributed by atoms with Gasteiger partial charge in [-0.25, -0.2) is 4.79 Å². The largest absolute Gasteiger partial charge is 0.504 e. The molecule has 1 aromatic carbocycles. The molecule has 0 aliphatic heterocycles. The van der Waals surface area contributed by atoms with Gasteiger partial charge < -0.3 is 14.6 Å². The predicted molar refractivity (Wildman–Crippen MR) is 65.5 cm³/mol. The molecule has 0 aliphatic carbocycles. The van der Waals surface area contributed by atoms with Crippen LogP contribution in [-0.2, 0) is 14.3 Å². The van der Waals surface area contributed by atoms with E-state index in [2.05, 4.69) is 4.74 Å². The van der Waals surface area contributed by atoms with Gasteiger partial charge in [-0.15, -0.1) is 0 Å². The predicted octanol–water partition coefficient (Wildman–Crippen LogP) is 1.72. The average Bonchev–Trinajstić information content (AvgIpc) is 2.36.